The smallest absolute Gasteiger partial charge is 0.159 e. The van der Waals surface area contributed by atoms with Crippen LogP contribution in [0.15, 0.2) is 24.4 Å². The lowest BCUT2D eigenvalue weighted by molar-refractivity contribution is 0.00335. The highest BCUT2D eigenvalue weighted by molar-refractivity contribution is 6.44. The molecule has 0 amide bonds. The van der Waals surface area contributed by atoms with E-state index in [1.807, 2.05) is 23.9 Å². The molecule has 2 aliphatic rings. The molecule has 2 aromatic heterocycles. The van der Waals surface area contributed by atoms with Crippen molar-refractivity contribution in [2.24, 2.45) is 0 Å². The molecular formula is C23H34B4N6O2. The van der Waals surface area contributed by atoms with Gasteiger partial charge in [0.2, 0.25) is 0 Å². The van der Waals surface area contributed by atoms with Gasteiger partial charge in [-0.15, -0.1) is 0 Å². The Hall–Kier alpha value is -2.29. The van der Waals surface area contributed by atoms with Gasteiger partial charge in [-0.3, -0.25) is 0 Å². The molecule has 0 radical (unpaired) electrons. The number of fused-ring (bicyclic) bond motifs is 1. The summed E-state index contributed by atoms with van der Waals surface area (Å²) in [5.41, 5.74) is 3.78. The standard InChI is InChI=1S/C23H34B4N6O2/c1-13-5-15-10-28-33(19(15)6-18(13)16-8-22(24,25)31-23(26,27)9-16)21-7-20(29-14(2)30-21)32-3-4-35-17(11-32)12-34/h5-7,10,16-17,31,34H,3-4,8-9,11-12,24-27H2,1-2H3/t17-/m1/s1. The number of aryl methyl sites for hydroxylation is 2. The maximum absolute atomic E-state index is 9.55. The fourth-order valence-electron chi connectivity index (χ4n) is 6.21. The van der Waals surface area contributed by atoms with E-state index in [2.05, 4.69) is 65.6 Å². The van der Waals surface area contributed by atoms with Crippen molar-refractivity contribution >= 4 is 48.1 Å². The summed E-state index contributed by atoms with van der Waals surface area (Å²) in [5.74, 6) is 2.77. The first-order chi connectivity index (χ1) is 16.5. The molecule has 0 unspecified atom stereocenters. The minimum absolute atomic E-state index is 0.00361. The molecule has 3 aromatic rings. The highest BCUT2D eigenvalue weighted by Gasteiger charge is 2.38. The van der Waals surface area contributed by atoms with E-state index in [1.165, 1.54) is 11.1 Å². The Morgan fingerprint density at radius 2 is 1.80 bits per heavy atom. The molecule has 180 valence electrons. The summed E-state index contributed by atoms with van der Waals surface area (Å²) in [6, 6.07) is 6.59. The van der Waals surface area contributed by atoms with Crippen LogP contribution in [0, 0.1) is 13.8 Å². The number of anilines is 1. The lowest BCUT2D eigenvalue weighted by Crippen LogP contribution is -2.64. The summed E-state index contributed by atoms with van der Waals surface area (Å²) in [6.45, 7) is 6.05. The predicted octanol–water partition coefficient (Wildman–Crippen LogP) is -2.06. The van der Waals surface area contributed by atoms with Gasteiger partial charge in [0.15, 0.2) is 5.82 Å². The van der Waals surface area contributed by atoms with E-state index in [9.17, 15) is 5.11 Å². The SMILES string of the molecule is BC1(B)CC(c2cc3c(cnn3-c3cc(N4CCO[C@@H](CO)C4)nc(C)n3)cc2C)CC(B)(B)N1. The molecule has 2 aliphatic heterocycles. The number of hydrogen-bond acceptors (Lipinski definition) is 7. The number of nitrogens with zero attached hydrogens (tertiary/aromatic N) is 5. The largest absolute Gasteiger partial charge is 0.394 e. The number of piperidine rings is 1. The van der Waals surface area contributed by atoms with Crippen LogP contribution in [0.4, 0.5) is 5.82 Å². The second-order valence-electron chi connectivity index (χ2n) is 11.6. The lowest BCUT2D eigenvalue weighted by Gasteiger charge is -2.48. The first kappa shape index (κ1) is 24.4. The van der Waals surface area contributed by atoms with Crippen molar-refractivity contribution < 1.29 is 9.84 Å². The molecule has 8 nitrogen and oxygen atoms in total. The quantitative estimate of drug-likeness (QED) is 0.425. The maximum atomic E-state index is 9.55. The molecule has 2 fully saturated rings. The zero-order valence-corrected chi connectivity index (χ0v) is 21.8. The van der Waals surface area contributed by atoms with E-state index in [4.69, 9.17) is 14.8 Å². The first-order valence-electron chi connectivity index (χ1n) is 12.6. The van der Waals surface area contributed by atoms with Gasteiger partial charge in [-0.05, 0) is 66.5 Å². The van der Waals surface area contributed by atoms with Gasteiger partial charge in [-0.25, -0.2) is 14.6 Å². The van der Waals surface area contributed by atoms with Crippen LogP contribution in [0.3, 0.4) is 0 Å². The third kappa shape index (κ3) is 5.01. The number of aromatic nitrogens is 4. The Balaban J connectivity index is 1.54. The molecule has 2 N–H and O–H groups in total. The van der Waals surface area contributed by atoms with Gasteiger partial charge in [0.1, 0.15) is 43.0 Å². The zero-order valence-electron chi connectivity index (χ0n) is 21.8. The van der Waals surface area contributed by atoms with Gasteiger partial charge in [-0.2, -0.15) is 5.10 Å². The Morgan fingerprint density at radius 1 is 1.09 bits per heavy atom. The minimum Gasteiger partial charge on any atom is -0.394 e. The fourth-order valence-corrected chi connectivity index (χ4v) is 6.21. The molecule has 4 heterocycles. The van der Waals surface area contributed by atoms with E-state index in [0.29, 0.717) is 24.9 Å². The summed E-state index contributed by atoms with van der Waals surface area (Å²) >= 11 is 0. The maximum Gasteiger partial charge on any atom is 0.159 e. The van der Waals surface area contributed by atoms with Gasteiger partial charge in [0.25, 0.3) is 0 Å². The average molecular weight is 470 g/mol. The number of benzene rings is 1. The second kappa shape index (κ2) is 8.98. The number of hydrogen-bond donors (Lipinski definition) is 2. The van der Waals surface area contributed by atoms with Crippen molar-refractivity contribution in [1.29, 1.82) is 0 Å². The number of morpholine rings is 1. The van der Waals surface area contributed by atoms with Crippen LogP contribution < -0.4 is 10.2 Å². The van der Waals surface area contributed by atoms with E-state index in [0.717, 1.165) is 41.9 Å². The molecular weight excluding hydrogens is 436 g/mol. The van der Waals surface area contributed by atoms with Crippen molar-refractivity contribution in [2.75, 3.05) is 31.2 Å². The van der Waals surface area contributed by atoms with Crippen molar-refractivity contribution in [3.63, 3.8) is 0 Å². The van der Waals surface area contributed by atoms with Gasteiger partial charge < -0.3 is 20.1 Å². The number of aliphatic hydroxyl groups excluding tert-OH is 1. The van der Waals surface area contributed by atoms with Gasteiger partial charge in [-0.1, -0.05) is 0 Å². The van der Waals surface area contributed by atoms with Crippen LogP contribution in [0.1, 0.15) is 35.7 Å². The van der Waals surface area contributed by atoms with Crippen LogP contribution in [-0.2, 0) is 4.74 Å². The molecule has 1 atom stereocenters. The lowest BCUT2D eigenvalue weighted by atomic mass is 9.46. The van der Waals surface area contributed by atoms with Crippen molar-refractivity contribution in [3.8, 4) is 5.82 Å². The highest BCUT2D eigenvalue weighted by Crippen LogP contribution is 2.38. The van der Waals surface area contributed by atoms with Crippen LogP contribution in [0.5, 0.6) is 0 Å². The molecule has 12 heteroatoms. The van der Waals surface area contributed by atoms with Crippen LogP contribution >= 0.6 is 0 Å². The minimum atomic E-state index is -0.197. The molecule has 0 saturated carbocycles. The Kier molecular flexibility index (Phi) is 6.26. The summed E-state index contributed by atoms with van der Waals surface area (Å²) in [5, 5.41) is 19.4. The molecule has 0 bridgehead atoms. The van der Waals surface area contributed by atoms with Crippen molar-refractivity contribution in [2.45, 2.75) is 49.4 Å². The van der Waals surface area contributed by atoms with E-state index in [-0.39, 0.29) is 23.4 Å². The van der Waals surface area contributed by atoms with Gasteiger partial charge >= 0.3 is 0 Å². The average Bonchev–Trinajstić information content (AvgIpc) is 3.18. The number of nitrogens with one attached hydrogen (secondary N) is 1. The van der Waals surface area contributed by atoms with Crippen molar-refractivity contribution in [1.82, 2.24) is 25.1 Å². The fraction of sp³-hybridized carbons (Fsp3) is 0.522. The molecule has 35 heavy (non-hydrogen) atoms. The topological polar surface area (TPSA) is 88.3 Å². The summed E-state index contributed by atoms with van der Waals surface area (Å²) in [6.07, 6.45) is 3.92. The normalized spacial score (nSPS) is 22.5. The molecule has 0 spiro atoms. The van der Waals surface area contributed by atoms with Crippen LogP contribution in [0.2, 0.25) is 0 Å². The second-order valence-corrected chi connectivity index (χ2v) is 11.6. The third-order valence-corrected chi connectivity index (χ3v) is 7.28. The van der Waals surface area contributed by atoms with Crippen LogP contribution in [-0.4, -0.2) is 99.3 Å². The Labute approximate surface area is 210 Å². The van der Waals surface area contributed by atoms with Crippen molar-refractivity contribution in [3.05, 3.63) is 41.3 Å². The van der Waals surface area contributed by atoms with E-state index in [1.54, 1.807) is 0 Å². The zero-order chi connectivity index (χ0) is 25.0. The van der Waals surface area contributed by atoms with Gasteiger partial charge in [0.05, 0.1) is 31.0 Å². The summed E-state index contributed by atoms with van der Waals surface area (Å²) < 4.78 is 7.57. The molecule has 5 rings (SSSR count). The van der Waals surface area contributed by atoms with E-state index >= 15 is 0 Å². The molecule has 2 saturated heterocycles. The van der Waals surface area contributed by atoms with E-state index < -0.39 is 0 Å². The Morgan fingerprint density at radius 3 is 2.51 bits per heavy atom. The highest BCUT2D eigenvalue weighted by atomic mass is 16.5. The summed E-state index contributed by atoms with van der Waals surface area (Å²) in [7, 11) is 9.21. The Bertz CT molecular complexity index is 1230. The van der Waals surface area contributed by atoms with Crippen LogP contribution in [0.25, 0.3) is 16.7 Å². The molecule has 1 aromatic carbocycles. The number of ether oxygens (including phenoxy) is 1. The molecule has 0 aliphatic carbocycles. The number of rotatable bonds is 4. The number of aliphatic hydroxyl groups is 1. The van der Waals surface area contributed by atoms with Gasteiger partial charge in [0, 0.05) is 24.5 Å². The third-order valence-electron chi connectivity index (χ3n) is 7.28. The predicted molar refractivity (Wildman–Crippen MR) is 150 cm³/mol. The summed E-state index contributed by atoms with van der Waals surface area (Å²) in [4.78, 5) is 11.6. The monoisotopic (exact) mass is 470 g/mol. The first-order valence-corrected chi connectivity index (χ1v) is 12.6.